The lowest BCUT2D eigenvalue weighted by atomic mass is 9.77. The van der Waals surface area contributed by atoms with Gasteiger partial charge in [0.05, 0.1) is 5.52 Å². The van der Waals surface area contributed by atoms with Crippen LogP contribution in [0.25, 0.3) is 10.9 Å². The van der Waals surface area contributed by atoms with Crippen molar-refractivity contribution in [3.05, 3.63) is 42.1 Å². The highest BCUT2D eigenvalue weighted by Crippen LogP contribution is 2.38. The highest BCUT2D eigenvalue weighted by Gasteiger charge is 2.35. The first-order valence-corrected chi connectivity index (χ1v) is 6.98. The molecule has 3 aliphatic heterocycles. The molecule has 0 aliphatic carbocycles. The van der Waals surface area contributed by atoms with Gasteiger partial charge in [-0.1, -0.05) is 24.3 Å². The maximum atomic E-state index is 4.89. The van der Waals surface area contributed by atoms with Gasteiger partial charge in [-0.25, -0.2) is 0 Å². The van der Waals surface area contributed by atoms with E-state index >= 15 is 0 Å². The van der Waals surface area contributed by atoms with E-state index < -0.39 is 0 Å². The Morgan fingerprint density at radius 1 is 1.00 bits per heavy atom. The number of nitrogens with zero attached hydrogens (tertiary/aromatic N) is 2. The molecule has 0 saturated carbocycles. The van der Waals surface area contributed by atoms with Gasteiger partial charge >= 0.3 is 0 Å². The highest BCUT2D eigenvalue weighted by atomic mass is 15.1. The number of aromatic nitrogens is 1. The van der Waals surface area contributed by atoms with Crippen LogP contribution in [0.1, 0.15) is 24.5 Å². The maximum absolute atomic E-state index is 4.89. The van der Waals surface area contributed by atoms with E-state index in [1.807, 2.05) is 0 Å². The van der Waals surface area contributed by atoms with E-state index in [4.69, 9.17) is 4.98 Å². The summed E-state index contributed by atoms with van der Waals surface area (Å²) in [5.41, 5.74) is 2.45. The summed E-state index contributed by atoms with van der Waals surface area (Å²) in [6, 6.07) is 12.9. The number of rotatable bonds is 1. The molecule has 2 aromatic rings. The van der Waals surface area contributed by atoms with E-state index in [1.54, 1.807) is 0 Å². The highest BCUT2D eigenvalue weighted by molar-refractivity contribution is 5.78. The van der Waals surface area contributed by atoms with Gasteiger partial charge in [-0.2, -0.15) is 0 Å². The predicted octanol–water partition coefficient (Wildman–Crippen LogP) is 3.04. The van der Waals surface area contributed by atoms with Gasteiger partial charge in [0, 0.05) is 23.5 Å². The van der Waals surface area contributed by atoms with Crippen molar-refractivity contribution in [1.29, 1.82) is 0 Å². The van der Waals surface area contributed by atoms with Crippen LogP contribution in [0.5, 0.6) is 0 Å². The first kappa shape index (κ1) is 10.5. The fourth-order valence-corrected chi connectivity index (χ4v) is 3.59. The Morgan fingerprint density at radius 2 is 1.83 bits per heavy atom. The van der Waals surface area contributed by atoms with Crippen LogP contribution in [0.3, 0.4) is 0 Å². The number of hydrogen-bond donors (Lipinski definition) is 0. The molecule has 4 heterocycles. The van der Waals surface area contributed by atoms with Gasteiger partial charge in [0.1, 0.15) is 0 Å². The summed E-state index contributed by atoms with van der Waals surface area (Å²) in [5.74, 6) is 1.53. The third-order valence-electron chi connectivity index (χ3n) is 4.66. The molecule has 18 heavy (non-hydrogen) atoms. The summed E-state index contributed by atoms with van der Waals surface area (Å²) in [4.78, 5) is 7.49. The molecule has 0 amide bonds. The summed E-state index contributed by atoms with van der Waals surface area (Å²) in [7, 11) is 0. The average Bonchev–Trinajstić information content (AvgIpc) is 2.48. The zero-order valence-electron chi connectivity index (χ0n) is 10.5. The fourth-order valence-electron chi connectivity index (χ4n) is 3.59. The monoisotopic (exact) mass is 238 g/mol. The molecule has 2 bridgehead atoms. The number of para-hydroxylation sites is 1. The smallest absolute Gasteiger partial charge is 0.0705 e. The van der Waals surface area contributed by atoms with Crippen LogP contribution in [0.2, 0.25) is 0 Å². The first-order valence-electron chi connectivity index (χ1n) is 6.98. The molecule has 1 atom stereocenters. The van der Waals surface area contributed by atoms with E-state index in [9.17, 15) is 0 Å². The summed E-state index contributed by atoms with van der Waals surface area (Å²) in [6.45, 7) is 3.82. The topological polar surface area (TPSA) is 16.1 Å². The Labute approximate surface area is 108 Å². The molecular formula is C16H18N2. The molecule has 3 saturated heterocycles. The van der Waals surface area contributed by atoms with Gasteiger partial charge in [-0.15, -0.1) is 0 Å². The van der Waals surface area contributed by atoms with E-state index in [0.29, 0.717) is 5.92 Å². The van der Waals surface area contributed by atoms with E-state index in [1.165, 1.54) is 43.6 Å². The van der Waals surface area contributed by atoms with Crippen molar-refractivity contribution in [1.82, 2.24) is 9.88 Å². The summed E-state index contributed by atoms with van der Waals surface area (Å²) in [6.07, 6.45) is 2.72. The molecule has 5 rings (SSSR count). The zero-order chi connectivity index (χ0) is 11.9. The van der Waals surface area contributed by atoms with Crippen LogP contribution in [-0.4, -0.2) is 29.5 Å². The number of benzene rings is 1. The van der Waals surface area contributed by atoms with Crippen molar-refractivity contribution >= 4 is 10.9 Å². The number of hydrogen-bond acceptors (Lipinski definition) is 2. The molecular weight excluding hydrogens is 220 g/mol. The van der Waals surface area contributed by atoms with Gasteiger partial charge in [0.15, 0.2) is 0 Å². The standard InChI is InChI=1S/C16H18N2/c1-2-4-15-13(3-1)5-6-16(17-15)14-11-18-9-7-12(14)8-10-18/h1-6,12,14H,7-11H2. The molecule has 0 N–H and O–H groups in total. The lowest BCUT2D eigenvalue weighted by Crippen LogP contribution is -2.46. The minimum Gasteiger partial charge on any atom is -0.303 e. The fraction of sp³-hybridized carbons (Fsp3) is 0.438. The van der Waals surface area contributed by atoms with Crippen molar-refractivity contribution in [2.24, 2.45) is 5.92 Å². The molecule has 1 aromatic heterocycles. The van der Waals surface area contributed by atoms with Crippen molar-refractivity contribution in [3.8, 4) is 0 Å². The van der Waals surface area contributed by atoms with E-state index in [0.717, 1.165) is 11.4 Å². The van der Waals surface area contributed by atoms with Crippen molar-refractivity contribution in [3.63, 3.8) is 0 Å². The Hall–Kier alpha value is -1.41. The minimum absolute atomic E-state index is 0.664. The SMILES string of the molecule is c1ccc2nc(C3CN4CCC3CC4)ccc2c1. The van der Waals surface area contributed by atoms with E-state index in [-0.39, 0.29) is 0 Å². The lowest BCUT2D eigenvalue weighted by Gasteiger charge is -2.44. The zero-order valence-corrected chi connectivity index (χ0v) is 10.5. The molecule has 92 valence electrons. The van der Waals surface area contributed by atoms with Crippen molar-refractivity contribution < 1.29 is 0 Å². The Balaban J connectivity index is 1.74. The van der Waals surface area contributed by atoms with Crippen molar-refractivity contribution in [2.75, 3.05) is 19.6 Å². The van der Waals surface area contributed by atoms with Gasteiger partial charge in [-0.3, -0.25) is 4.98 Å². The van der Waals surface area contributed by atoms with Gasteiger partial charge < -0.3 is 4.90 Å². The largest absolute Gasteiger partial charge is 0.303 e. The Morgan fingerprint density at radius 3 is 2.61 bits per heavy atom. The molecule has 1 aromatic carbocycles. The molecule has 0 radical (unpaired) electrons. The second-order valence-electron chi connectivity index (χ2n) is 5.67. The molecule has 3 fully saturated rings. The van der Waals surface area contributed by atoms with Crippen LogP contribution in [0, 0.1) is 5.92 Å². The van der Waals surface area contributed by atoms with E-state index in [2.05, 4.69) is 41.3 Å². The Kier molecular flexibility index (Phi) is 2.37. The number of fused-ring (bicyclic) bond motifs is 4. The molecule has 3 aliphatic rings. The summed E-state index contributed by atoms with van der Waals surface area (Å²) < 4.78 is 0. The molecule has 2 heteroatoms. The van der Waals surface area contributed by atoms with Crippen LogP contribution < -0.4 is 0 Å². The molecule has 2 nitrogen and oxygen atoms in total. The van der Waals surface area contributed by atoms with Crippen LogP contribution >= 0.6 is 0 Å². The Bertz CT molecular complexity index is 570. The maximum Gasteiger partial charge on any atom is 0.0705 e. The number of pyridine rings is 1. The lowest BCUT2D eigenvalue weighted by molar-refractivity contribution is 0.0856. The third-order valence-corrected chi connectivity index (χ3v) is 4.66. The van der Waals surface area contributed by atoms with Crippen molar-refractivity contribution in [2.45, 2.75) is 18.8 Å². The first-order chi connectivity index (χ1) is 8.90. The minimum atomic E-state index is 0.664. The van der Waals surface area contributed by atoms with Crippen LogP contribution in [0.4, 0.5) is 0 Å². The van der Waals surface area contributed by atoms with Gasteiger partial charge in [0.25, 0.3) is 0 Å². The summed E-state index contributed by atoms with van der Waals surface area (Å²) >= 11 is 0. The third kappa shape index (κ3) is 1.64. The van der Waals surface area contributed by atoms with Crippen LogP contribution in [0.15, 0.2) is 36.4 Å². The quantitative estimate of drug-likeness (QED) is 0.759. The average molecular weight is 238 g/mol. The van der Waals surface area contributed by atoms with Gasteiger partial charge in [-0.05, 0) is 44.0 Å². The number of piperidine rings is 3. The van der Waals surface area contributed by atoms with Gasteiger partial charge in [0.2, 0.25) is 0 Å². The molecule has 1 unspecified atom stereocenters. The predicted molar refractivity (Wildman–Crippen MR) is 73.6 cm³/mol. The summed E-state index contributed by atoms with van der Waals surface area (Å²) in [5, 5.41) is 1.25. The second kappa shape index (κ2) is 4.06. The van der Waals surface area contributed by atoms with Crippen LogP contribution in [-0.2, 0) is 0 Å². The normalized spacial score (nSPS) is 30.8. The molecule has 0 spiro atoms. The second-order valence-corrected chi connectivity index (χ2v) is 5.67.